The number of benzene rings is 1. The van der Waals surface area contributed by atoms with Gasteiger partial charge in [-0.3, -0.25) is 4.79 Å². The summed E-state index contributed by atoms with van der Waals surface area (Å²) in [5, 5.41) is 2.99. The number of sulfone groups is 1. The molecular weight excluding hydrogens is 387 g/mol. The molecule has 0 saturated heterocycles. The number of carbonyl (C=O) groups is 1. The average Bonchev–Trinajstić information content (AvgIpc) is 2.61. The predicted molar refractivity (Wildman–Crippen MR) is 90.0 cm³/mol. The van der Waals surface area contributed by atoms with Crippen molar-refractivity contribution in [2.75, 3.05) is 12.9 Å². The number of hydrazone groups is 1. The van der Waals surface area contributed by atoms with Crippen molar-refractivity contribution in [1.29, 1.82) is 0 Å². The fraction of sp³-hybridized carbons (Fsp3) is 0.188. The van der Waals surface area contributed by atoms with Gasteiger partial charge in [-0.1, -0.05) is 12.1 Å². The van der Waals surface area contributed by atoms with Crippen molar-refractivity contribution in [2.45, 2.75) is 11.2 Å². The van der Waals surface area contributed by atoms with Crippen molar-refractivity contribution >= 4 is 22.0 Å². The lowest BCUT2D eigenvalue weighted by Crippen LogP contribution is -2.27. The van der Waals surface area contributed by atoms with Crippen LogP contribution in [0.1, 0.15) is 11.1 Å². The number of ether oxygens (including phenoxy) is 1. The zero-order chi connectivity index (χ0) is 20.1. The lowest BCUT2D eigenvalue weighted by Gasteiger charge is -2.07. The van der Waals surface area contributed by atoms with Crippen molar-refractivity contribution in [3.8, 4) is 5.75 Å². The van der Waals surface area contributed by atoms with E-state index in [0.717, 1.165) is 0 Å². The molecule has 144 valence electrons. The van der Waals surface area contributed by atoms with Gasteiger partial charge in [0, 0.05) is 6.20 Å². The monoisotopic (exact) mass is 401 g/mol. The molecule has 0 radical (unpaired) electrons. The van der Waals surface area contributed by atoms with Gasteiger partial charge in [0.1, 0.15) is 11.5 Å². The highest BCUT2D eigenvalue weighted by molar-refractivity contribution is 7.92. The maximum atomic E-state index is 12.5. The Labute approximate surface area is 152 Å². The normalized spacial score (nSPS) is 12.1. The number of hydrogen-bond acceptors (Lipinski definition) is 6. The van der Waals surface area contributed by atoms with Crippen LogP contribution in [0.3, 0.4) is 0 Å². The van der Waals surface area contributed by atoms with Gasteiger partial charge in [-0.15, -0.1) is 0 Å². The van der Waals surface area contributed by atoms with Gasteiger partial charge in [-0.2, -0.15) is 18.3 Å². The smallest absolute Gasteiger partial charge is 0.417 e. The quantitative estimate of drug-likeness (QED) is 0.590. The number of pyridine rings is 1. The van der Waals surface area contributed by atoms with Crippen LogP contribution in [-0.2, 0) is 20.8 Å². The highest BCUT2D eigenvalue weighted by Crippen LogP contribution is 2.28. The van der Waals surface area contributed by atoms with E-state index in [1.807, 2.05) is 5.43 Å². The third-order valence-electron chi connectivity index (χ3n) is 3.20. The molecular formula is C16H14F3N3O4S. The van der Waals surface area contributed by atoms with E-state index in [2.05, 4.69) is 10.1 Å². The van der Waals surface area contributed by atoms with Gasteiger partial charge in [-0.05, 0) is 29.8 Å². The standard InChI is InChI=1S/C16H14F3N3O4S/c1-26-13-4-2-3-11(7-13)8-21-22-14(23)10-27(24,25)15-6-5-12(9-20-15)16(17,18)19/h2-9H,10H2,1H3,(H,22,23)/b21-8+. The van der Waals surface area contributed by atoms with E-state index in [1.54, 1.807) is 24.3 Å². The molecule has 0 atom stereocenters. The summed E-state index contributed by atoms with van der Waals surface area (Å²) in [5.41, 5.74) is 1.54. The number of carbonyl (C=O) groups excluding carboxylic acids is 1. The molecule has 2 rings (SSSR count). The van der Waals surface area contributed by atoms with Crippen LogP contribution in [0.4, 0.5) is 13.2 Å². The number of nitrogens with one attached hydrogen (secondary N) is 1. The number of amides is 1. The summed E-state index contributed by atoms with van der Waals surface area (Å²) in [6, 6.07) is 8.01. The third-order valence-corrected chi connectivity index (χ3v) is 4.72. The first-order valence-electron chi connectivity index (χ1n) is 7.34. The molecule has 27 heavy (non-hydrogen) atoms. The second-order valence-corrected chi connectivity index (χ2v) is 7.15. The van der Waals surface area contributed by atoms with Gasteiger partial charge in [0.15, 0.2) is 5.03 Å². The predicted octanol–water partition coefficient (Wildman–Crippen LogP) is 2.03. The molecule has 0 aliphatic carbocycles. The van der Waals surface area contributed by atoms with Crippen molar-refractivity contribution in [1.82, 2.24) is 10.4 Å². The third kappa shape index (κ3) is 5.78. The Morgan fingerprint density at radius 3 is 2.63 bits per heavy atom. The van der Waals surface area contributed by atoms with E-state index < -0.39 is 38.3 Å². The lowest BCUT2D eigenvalue weighted by atomic mass is 10.2. The summed E-state index contributed by atoms with van der Waals surface area (Å²) in [4.78, 5) is 15.0. The number of aromatic nitrogens is 1. The summed E-state index contributed by atoms with van der Waals surface area (Å²) in [7, 11) is -2.73. The molecule has 1 amide bonds. The number of methoxy groups -OCH3 is 1. The lowest BCUT2D eigenvalue weighted by molar-refractivity contribution is -0.137. The minimum absolute atomic E-state index is 0.395. The van der Waals surface area contributed by atoms with Crippen molar-refractivity contribution in [3.05, 3.63) is 53.7 Å². The number of alkyl halides is 3. The molecule has 1 N–H and O–H groups in total. The maximum Gasteiger partial charge on any atom is 0.417 e. The van der Waals surface area contributed by atoms with Crippen LogP contribution < -0.4 is 10.2 Å². The number of rotatable bonds is 6. The van der Waals surface area contributed by atoms with Crippen molar-refractivity contribution in [2.24, 2.45) is 5.10 Å². The van der Waals surface area contributed by atoms with Gasteiger partial charge in [0.25, 0.3) is 5.91 Å². The molecule has 1 heterocycles. The molecule has 1 aromatic carbocycles. The molecule has 0 spiro atoms. The molecule has 0 aliphatic rings. The Hall–Kier alpha value is -2.95. The summed E-state index contributed by atoms with van der Waals surface area (Å²) < 4.78 is 66.5. The molecule has 11 heteroatoms. The van der Waals surface area contributed by atoms with Crippen LogP contribution >= 0.6 is 0 Å². The highest BCUT2D eigenvalue weighted by Gasteiger charge is 2.31. The van der Waals surface area contributed by atoms with E-state index in [4.69, 9.17) is 4.74 Å². The molecule has 0 unspecified atom stereocenters. The molecule has 0 saturated carbocycles. The zero-order valence-corrected chi connectivity index (χ0v) is 14.7. The van der Waals surface area contributed by atoms with Crippen LogP contribution in [0, 0.1) is 0 Å². The summed E-state index contributed by atoms with van der Waals surface area (Å²) in [5.74, 6) is -1.40. The Bertz CT molecular complexity index is 942. The Morgan fingerprint density at radius 2 is 2.04 bits per heavy atom. The molecule has 0 aliphatic heterocycles. The zero-order valence-electron chi connectivity index (χ0n) is 13.9. The van der Waals surface area contributed by atoms with Crippen LogP contribution in [0.2, 0.25) is 0 Å². The number of halogens is 3. The molecule has 0 fully saturated rings. The topological polar surface area (TPSA) is 97.7 Å². The number of hydrogen-bond donors (Lipinski definition) is 1. The van der Waals surface area contributed by atoms with E-state index in [0.29, 0.717) is 29.6 Å². The molecule has 1 aromatic heterocycles. The first kappa shape index (κ1) is 20.4. The fourth-order valence-corrected chi connectivity index (χ4v) is 2.96. The molecule has 0 bridgehead atoms. The van der Waals surface area contributed by atoms with Crippen molar-refractivity contribution < 1.29 is 31.1 Å². The second kappa shape index (κ2) is 8.16. The first-order chi connectivity index (χ1) is 12.6. The minimum Gasteiger partial charge on any atom is -0.497 e. The molecule has 7 nitrogen and oxygen atoms in total. The van der Waals surface area contributed by atoms with E-state index in [9.17, 15) is 26.4 Å². The highest BCUT2D eigenvalue weighted by atomic mass is 32.2. The first-order valence-corrected chi connectivity index (χ1v) is 8.99. The second-order valence-electron chi connectivity index (χ2n) is 5.21. The SMILES string of the molecule is COc1cccc(/C=N/NC(=O)CS(=O)(=O)c2ccc(C(F)(F)F)cn2)c1. The summed E-state index contributed by atoms with van der Waals surface area (Å²) in [6.45, 7) is 0. The Balaban J connectivity index is 2.00. The van der Waals surface area contributed by atoms with Crippen molar-refractivity contribution in [3.63, 3.8) is 0 Å². The molecule has 2 aromatic rings. The number of nitrogens with zero attached hydrogens (tertiary/aromatic N) is 2. The van der Waals surface area contributed by atoms with E-state index in [1.165, 1.54) is 13.3 Å². The minimum atomic E-state index is -4.64. The van der Waals surface area contributed by atoms with Gasteiger partial charge >= 0.3 is 6.18 Å². The van der Waals surface area contributed by atoms with Gasteiger partial charge < -0.3 is 4.74 Å². The van der Waals surface area contributed by atoms with Gasteiger partial charge in [-0.25, -0.2) is 18.8 Å². The average molecular weight is 401 g/mol. The summed E-state index contributed by atoms with van der Waals surface area (Å²) in [6.07, 6.45) is -2.96. The Kier molecular flexibility index (Phi) is 6.16. The van der Waals surface area contributed by atoms with Gasteiger partial charge in [0.2, 0.25) is 9.84 Å². The fourth-order valence-electron chi connectivity index (χ4n) is 1.91. The van der Waals surface area contributed by atoms with E-state index in [-0.39, 0.29) is 0 Å². The van der Waals surface area contributed by atoms with Crippen LogP contribution in [0.25, 0.3) is 0 Å². The van der Waals surface area contributed by atoms with E-state index >= 15 is 0 Å². The largest absolute Gasteiger partial charge is 0.497 e. The van der Waals surface area contributed by atoms with Crippen LogP contribution in [0.5, 0.6) is 5.75 Å². The van der Waals surface area contributed by atoms with Crippen LogP contribution in [-0.4, -0.2) is 38.4 Å². The van der Waals surface area contributed by atoms with Crippen LogP contribution in [0.15, 0.2) is 52.7 Å². The maximum absolute atomic E-state index is 12.5. The van der Waals surface area contributed by atoms with Gasteiger partial charge in [0.05, 0.1) is 18.9 Å². The Morgan fingerprint density at radius 1 is 1.30 bits per heavy atom. The summed E-state index contributed by atoms with van der Waals surface area (Å²) >= 11 is 0.